The first-order chi connectivity index (χ1) is 9.38. The van der Waals surface area contributed by atoms with E-state index < -0.39 is 0 Å². The lowest BCUT2D eigenvalue weighted by Crippen LogP contribution is -2.24. The molecular formula is C18H29N. The van der Waals surface area contributed by atoms with Crippen molar-refractivity contribution in [1.29, 1.82) is 0 Å². The van der Waals surface area contributed by atoms with Crippen molar-refractivity contribution in [3.05, 3.63) is 35.4 Å². The standard InChI is InChI=1S/C18H29N/c1-2-3-7-16-10-12-18(13-11-16)15-19-14-17-8-5-4-6-9-17/h10-13,17,19H,2-9,14-15H2,1H3. The van der Waals surface area contributed by atoms with E-state index in [4.69, 9.17) is 0 Å². The quantitative estimate of drug-likeness (QED) is 0.748. The molecule has 1 N–H and O–H groups in total. The average molecular weight is 259 g/mol. The highest BCUT2D eigenvalue weighted by atomic mass is 14.9. The summed E-state index contributed by atoms with van der Waals surface area (Å²) in [5, 5.41) is 3.63. The normalized spacial score (nSPS) is 16.7. The topological polar surface area (TPSA) is 12.0 Å². The molecule has 1 fully saturated rings. The third-order valence-electron chi connectivity index (χ3n) is 4.33. The largest absolute Gasteiger partial charge is 0.312 e. The Labute approximate surface area is 118 Å². The monoisotopic (exact) mass is 259 g/mol. The van der Waals surface area contributed by atoms with E-state index in [1.165, 1.54) is 69.0 Å². The molecule has 106 valence electrons. The summed E-state index contributed by atoms with van der Waals surface area (Å²) in [6.45, 7) is 4.49. The first kappa shape index (κ1) is 14.6. The number of hydrogen-bond donors (Lipinski definition) is 1. The number of nitrogens with one attached hydrogen (secondary N) is 1. The second kappa shape index (κ2) is 8.37. The SMILES string of the molecule is CCCCc1ccc(CNCC2CCCCC2)cc1. The van der Waals surface area contributed by atoms with Crippen LogP contribution in [0.5, 0.6) is 0 Å². The van der Waals surface area contributed by atoms with Crippen molar-refractivity contribution in [3.63, 3.8) is 0 Å². The fourth-order valence-electron chi connectivity index (χ4n) is 3.02. The fraction of sp³-hybridized carbons (Fsp3) is 0.667. The smallest absolute Gasteiger partial charge is 0.0205 e. The van der Waals surface area contributed by atoms with Crippen molar-refractivity contribution in [2.45, 2.75) is 64.8 Å². The van der Waals surface area contributed by atoms with Crippen molar-refractivity contribution in [1.82, 2.24) is 5.32 Å². The molecular weight excluding hydrogens is 230 g/mol. The van der Waals surface area contributed by atoms with Gasteiger partial charge in [0, 0.05) is 6.54 Å². The summed E-state index contributed by atoms with van der Waals surface area (Å²) in [5.74, 6) is 0.928. The third-order valence-corrected chi connectivity index (χ3v) is 4.33. The van der Waals surface area contributed by atoms with Gasteiger partial charge in [0.15, 0.2) is 0 Å². The van der Waals surface area contributed by atoms with Gasteiger partial charge in [0.25, 0.3) is 0 Å². The van der Waals surface area contributed by atoms with Gasteiger partial charge in [-0.25, -0.2) is 0 Å². The number of unbranched alkanes of at least 4 members (excludes halogenated alkanes) is 1. The molecule has 0 amide bonds. The van der Waals surface area contributed by atoms with E-state index in [1.54, 1.807) is 0 Å². The van der Waals surface area contributed by atoms with Crippen LogP contribution in [0.4, 0.5) is 0 Å². The lowest BCUT2D eigenvalue weighted by Gasteiger charge is -2.21. The van der Waals surface area contributed by atoms with Crippen LogP contribution in [0.2, 0.25) is 0 Å². The van der Waals surface area contributed by atoms with Crippen LogP contribution < -0.4 is 5.32 Å². The maximum atomic E-state index is 3.63. The molecule has 19 heavy (non-hydrogen) atoms. The maximum absolute atomic E-state index is 3.63. The zero-order valence-corrected chi connectivity index (χ0v) is 12.5. The van der Waals surface area contributed by atoms with E-state index in [0.29, 0.717) is 0 Å². The molecule has 0 saturated heterocycles. The zero-order valence-electron chi connectivity index (χ0n) is 12.5. The van der Waals surface area contributed by atoms with Crippen molar-refractivity contribution < 1.29 is 0 Å². The van der Waals surface area contributed by atoms with Gasteiger partial charge in [-0.15, -0.1) is 0 Å². The van der Waals surface area contributed by atoms with E-state index in [0.717, 1.165) is 12.5 Å². The highest BCUT2D eigenvalue weighted by molar-refractivity contribution is 5.22. The van der Waals surface area contributed by atoms with Crippen molar-refractivity contribution in [3.8, 4) is 0 Å². The molecule has 0 spiro atoms. The van der Waals surface area contributed by atoms with E-state index >= 15 is 0 Å². The van der Waals surface area contributed by atoms with Crippen LogP contribution in [0.15, 0.2) is 24.3 Å². The lowest BCUT2D eigenvalue weighted by molar-refractivity contribution is 0.342. The lowest BCUT2D eigenvalue weighted by atomic mass is 9.89. The minimum atomic E-state index is 0.928. The van der Waals surface area contributed by atoms with Gasteiger partial charge in [-0.05, 0) is 49.3 Å². The van der Waals surface area contributed by atoms with E-state index in [2.05, 4.69) is 36.5 Å². The Morgan fingerprint density at radius 1 is 1.00 bits per heavy atom. The van der Waals surface area contributed by atoms with Crippen LogP contribution in [0.25, 0.3) is 0 Å². The Morgan fingerprint density at radius 3 is 2.37 bits per heavy atom. The fourth-order valence-corrected chi connectivity index (χ4v) is 3.02. The molecule has 0 radical (unpaired) electrons. The Morgan fingerprint density at radius 2 is 1.68 bits per heavy atom. The summed E-state index contributed by atoms with van der Waals surface area (Å²) in [4.78, 5) is 0. The number of aryl methyl sites for hydroxylation is 1. The maximum Gasteiger partial charge on any atom is 0.0205 e. The molecule has 0 unspecified atom stereocenters. The molecule has 0 aliphatic heterocycles. The van der Waals surface area contributed by atoms with Gasteiger partial charge < -0.3 is 5.32 Å². The van der Waals surface area contributed by atoms with Crippen LogP contribution in [-0.4, -0.2) is 6.54 Å². The predicted octanol–water partition coefficient (Wildman–Crippen LogP) is 4.70. The van der Waals surface area contributed by atoms with Crippen LogP contribution in [0.3, 0.4) is 0 Å². The molecule has 2 rings (SSSR count). The minimum absolute atomic E-state index is 0.928. The van der Waals surface area contributed by atoms with Gasteiger partial charge in [0.1, 0.15) is 0 Å². The summed E-state index contributed by atoms with van der Waals surface area (Å²) in [5.41, 5.74) is 2.91. The number of benzene rings is 1. The van der Waals surface area contributed by atoms with Crippen molar-refractivity contribution in [2.24, 2.45) is 5.92 Å². The number of hydrogen-bond acceptors (Lipinski definition) is 1. The van der Waals surface area contributed by atoms with Gasteiger partial charge >= 0.3 is 0 Å². The number of rotatable bonds is 7. The van der Waals surface area contributed by atoms with Crippen molar-refractivity contribution in [2.75, 3.05) is 6.54 Å². The molecule has 0 bridgehead atoms. The molecule has 0 heterocycles. The molecule has 1 aromatic carbocycles. The van der Waals surface area contributed by atoms with E-state index in [-0.39, 0.29) is 0 Å². The van der Waals surface area contributed by atoms with E-state index in [9.17, 15) is 0 Å². The summed E-state index contributed by atoms with van der Waals surface area (Å²) in [7, 11) is 0. The minimum Gasteiger partial charge on any atom is -0.312 e. The Balaban J connectivity index is 1.67. The summed E-state index contributed by atoms with van der Waals surface area (Å²) in [6.07, 6.45) is 11.0. The second-order valence-corrected chi connectivity index (χ2v) is 6.05. The van der Waals surface area contributed by atoms with Gasteiger partial charge in [-0.2, -0.15) is 0 Å². The summed E-state index contributed by atoms with van der Waals surface area (Å²) < 4.78 is 0. The molecule has 0 aromatic heterocycles. The van der Waals surface area contributed by atoms with Crippen LogP contribution in [0.1, 0.15) is 63.0 Å². The van der Waals surface area contributed by atoms with Gasteiger partial charge in [0.05, 0.1) is 0 Å². The van der Waals surface area contributed by atoms with Crippen molar-refractivity contribution >= 4 is 0 Å². The van der Waals surface area contributed by atoms with Gasteiger partial charge in [-0.1, -0.05) is 56.9 Å². The second-order valence-electron chi connectivity index (χ2n) is 6.05. The molecule has 1 aromatic rings. The Hall–Kier alpha value is -0.820. The summed E-state index contributed by atoms with van der Waals surface area (Å²) >= 11 is 0. The molecule has 1 aliphatic carbocycles. The third kappa shape index (κ3) is 5.36. The molecule has 1 heteroatoms. The predicted molar refractivity (Wildman–Crippen MR) is 83.3 cm³/mol. The highest BCUT2D eigenvalue weighted by Gasteiger charge is 2.12. The van der Waals surface area contributed by atoms with Gasteiger partial charge in [0.2, 0.25) is 0 Å². The van der Waals surface area contributed by atoms with E-state index in [1.807, 2.05) is 0 Å². The highest BCUT2D eigenvalue weighted by Crippen LogP contribution is 2.22. The van der Waals surface area contributed by atoms with Crippen LogP contribution in [-0.2, 0) is 13.0 Å². The Kier molecular flexibility index (Phi) is 6.43. The summed E-state index contributed by atoms with van der Waals surface area (Å²) in [6, 6.07) is 9.18. The zero-order chi connectivity index (χ0) is 13.3. The van der Waals surface area contributed by atoms with Crippen LogP contribution >= 0.6 is 0 Å². The average Bonchev–Trinajstić information content (AvgIpc) is 2.47. The first-order valence-corrected chi connectivity index (χ1v) is 8.17. The van der Waals surface area contributed by atoms with Gasteiger partial charge in [-0.3, -0.25) is 0 Å². The Bertz CT molecular complexity index is 335. The molecule has 0 atom stereocenters. The molecule has 1 nitrogen and oxygen atoms in total. The molecule has 1 saturated carbocycles. The first-order valence-electron chi connectivity index (χ1n) is 8.17. The van der Waals surface area contributed by atoms with Crippen LogP contribution in [0, 0.1) is 5.92 Å². The molecule has 1 aliphatic rings.